The van der Waals surface area contributed by atoms with Crippen LogP contribution in [-0.2, 0) is 32.9 Å². The number of amides is 1. The molecule has 0 spiro atoms. The van der Waals surface area contributed by atoms with Gasteiger partial charge in [0.1, 0.15) is 6.10 Å². The van der Waals surface area contributed by atoms with E-state index in [1.165, 1.54) is 18.0 Å². The Morgan fingerprint density at radius 3 is 1.98 bits per heavy atom. The number of benzene rings is 1. The second-order valence-electron chi connectivity index (χ2n) is 11.9. The number of hydrogen-bond acceptors (Lipinski definition) is 7. The van der Waals surface area contributed by atoms with Crippen LogP contribution < -0.4 is 10.4 Å². The maximum atomic E-state index is 13.6. The highest BCUT2D eigenvalue weighted by Gasteiger charge is 2.53. The van der Waals surface area contributed by atoms with Gasteiger partial charge in [0, 0.05) is 11.7 Å². The minimum Gasteiger partial charge on any atom is -0.439 e. The average Bonchev–Trinajstić information content (AvgIpc) is 3.25. The third-order valence-electron chi connectivity index (χ3n) is 8.17. The van der Waals surface area contributed by atoms with E-state index in [2.05, 4.69) is 9.97 Å². The van der Waals surface area contributed by atoms with Crippen LogP contribution in [0.3, 0.4) is 0 Å². The van der Waals surface area contributed by atoms with E-state index in [4.69, 9.17) is 14.0 Å². The molecule has 3 fully saturated rings. The zero-order chi connectivity index (χ0) is 31.9. The molecular weight excluding hydrogens is 595 g/mol. The van der Waals surface area contributed by atoms with Crippen molar-refractivity contribution in [2.75, 3.05) is 18.0 Å². The highest BCUT2D eigenvalue weighted by Crippen LogP contribution is 2.42. The summed E-state index contributed by atoms with van der Waals surface area (Å²) in [5, 5.41) is 0. The maximum absolute atomic E-state index is 13.6. The molecule has 1 amide bonds. The molecule has 1 aromatic carbocycles. The van der Waals surface area contributed by atoms with Gasteiger partial charge in [-0.1, -0.05) is 0 Å². The molecule has 5 rings (SSSR count). The summed E-state index contributed by atoms with van der Waals surface area (Å²) < 4.78 is 125. The Labute approximate surface area is 241 Å². The maximum Gasteiger partial charge on any atom is 0.498 e. The van der Waals surface area contributed by atoms with Crippen molar-refractivity contribution >= 4 is 24.6 Å². The van der Waals surface area contributed by atoms with Gasteiger partial charge in [0.25, 0.3) is 5.92 Å². The molecule has 2 atom stereocenters. The summed E-state index contributed by atoms with van der Waals surface area (Å²) in [6.07, 6.45) is -11.4. The van der Waals surface area contributed by atoms with Gasteiger partial charge in [0.2, 0.25) is 5.95 Å². The SMILES string of the molecule is C[C@H]1[C@@H](c2cc(C(F)(F)F)cc(C(F)(F)F)c2)OC(=O)N1Cc1nc(N2CC(F)(F)C2)ncc1B1OC(C)(C)C(C)(C)O1. The van der Waals surface area contributed by atoms with E-state index >= 15 is 0 Å². The molecule has 17 heteroatoms. The highest BCUT2D eigenvalue weighted by atomic mass is 19.4. The van der Waals surface area contributed by atoms with Crippen molar-refractivity contribution in [2.45, 2.75) is 82.8 Å². The van der Waals surface area contributed by atoms with Crippen LogP contribution in [0.2, 0.25) is 0 Å². The van der Waals surface area contributed by atoms with E-state index < -0.39 is 84.6 Å². The second-order valence-corrected chi connectivity index (χ2v) is 11.9. The lowest BCUT2D eigenvalue weighted by Gasteiger charge is -2.38. The van der Waals surface area contributed by atoms with E-state index in [9.17, 15) is 39.9 Å². The van der Waals surface area contributed by atoms with Crippen molar-refractivity contribution in [1.82, 2.24) is 14.9 Å². The Hall–Kier alpha value is -3.21. The third-order valence-corrected chi connectivity index (χ3v) is 8.17. The lowest BCUT2D eigenvalue weighted by Crippen LogP contribution is -2.57. The van der Waals surface area contributed by atoms with Crippen molar-refractivity contribution < 1.29 is 54.0 Å². The number of carbonyl (C=O) groups excluding carboxylic acids is 1. The van der Waals surface area contributed by atoms with Crippen LogP contribution in [0.25, 0.3) is 0 Å². The lowest BCUT2D eigenvalue weighted by atomic mass is 9.78. The molecule has 3 saturated heterocycles. The topological polar surface area (TPSA) is 77.0 Å². The van der Waals surface area contributed by atoms with Gasteiger partial charge in [0.05, 0.1) is 53.7 Å². The van der Waals surface area contributed by atoms with Gasteiger partial charge in [-0.2, -0.15) is 26.3 Å². The minimum absolute atomic E-state index is 0.0126. The Balaban J connectivity index is 1.49. The fourth-order valence-corrected chi connectivity index (χ4v) is 4.98. The molecule has 0 bridgehead atoms. The molecule has 0 radical (unpaired) electrons. The molecule has 4 heterocycles. The number of ether oxygens (including phenoxy) is 1. The first-order chi connectivity index (χ1) is 19.6. The molecule has 0 N–H and O–H groups in total. The summed E-state index contributed by atoms with van der Waals surface area (Å²) in [4.78, 5) is 23.9. The predicted molar refractivity (Wildman–Crippen MR) is 136 cm³/mol. The molecule has 0 unspecified atom stereocenters. The summed E-state index contributed by atoms with van der Waals surface area (Å²) in [5.41, 5.74) is -4.80. The Morgan fingerprint density at radius 1 is 0.953 bits per heavy atom. The van der Waals surface area contributed by atoms with Gasteiger partial charge < -0.3 is 18.9 Å². The van der Waals surface area contributed by atoms with E-state index in [0.717, 1.165) is 4.90 Å². The van der Waals surface area contributed by atoms with Crippen molar-refractivity contribution in [1.29, 1.82) is 0 Å². The smallest absolute Gasteiger partial charge is 0.439 e. The van der Waals surface area contributed by atoms with Gasteiger partial charge in [0.15, 0.2) is 0 Å². The fraction of sp³-hybridized carbons (Fsp3) is 0.577. The second kappa shape index (κ2) is 9.91. The van der Waals surface area contributed by atoms with Gasteiger partial charge in [-0.3, -0.25) is 4.90 Å². The van der Waals surface area contributed by atoms with Gasteiger partial charge in [-0.05, 0) is 58.4 Å². The van der Waals surface area contributed by atoms with Crippen molar-refractivity contribution in [3.8, 4) is 0 Å². The van der Waals surface area contributed by atoms with E-state index in [1.54, 1.807) is 27.7 Å². The van der Waals surface area contributed by atoms with E-state index in [-0.39, 0.29) is 29.7 Å². The molecule has 43 heavy (non-hydrogen) atoms. The zero-order valence-electron chi connectivity index (χ0n) is 23.6. The Morgan fingerprint density at radius 2 is 1.49 bits per heavy atom. The van der Waals surface area contributed by atoms with Crippen molar-refractivity contribution in [2.24, 2.45) is 0 Å². The van der Waals surface area contributed by atoms with Crippen molar-refractivity contribution in [3.63, 3.8) is 0 Å². The molecule has 234 valence electrons. The van der Waals surface area contributed by atoms with Crippen LogP contribution in [0.1, 0.15) is 63.1 Å². The number of rotatable bonds is 5. The van der Waals surface area contributed by atoms with Gasteiger partial charge >= 0.3 is 25.6 Å². The monoisotopic (exact) mass is 622 g/mol. The first-order valence-electron chi connectivity index (χ1n) is 13.2. The van der Waals surface area contributed by atoms with Crippen molar-refractivity contribution in [3.05, 3.63) is 46.8 Å². The largest absolute Gasteiger partial charge is 0.498 e. The number of halogens is 8. The van der Waals surface area contributed by atoms with Gasteiger partial charge in [-0.15, -0.1) is 0 Å². The van der Waals surface area contributed by atoms with Crippen LogP contribution in [0, 0.1) is 0 Å². The molecule has 0 aliphatic carbocycles. The standard InChI is InChI=1S/C26H27BF8N4O4/c1-13-19(14-6-15(25(30,31)32)8-16(7-14)26(33,34)35)41-21(40)39(13)10-18-17(27-42-22(2,3)23(4,5)43-27)9-36-20(37-18)38-11-24(28,29)12-38/h6-9,13,19H,10-12H2,1-5H3/t13-,19-/m0/s1. The number of cyclic esters (lactones) is 1. The number of carbonyl (C=O) groups is 1. The first kappa shape index (κ1) is 31.2. The third kappa shape index (κ3) is 5.84. The minimum atomic E-state index is -5.09. The van der Waals surface area contributed by atoms with Crippen LogP contribution in [0.5, 0.6) is 0 Å². The molecule has 2 aromatic rings. The quantitative estimate of drug-likeness (QED) is 0.329. The lowest BCUT2D eigenvalue weighted by molar-refractivity contribution is -0.143. The predicted octanol–water partition coefficient (Wildman–Crippen LogP) is 5.35. The molecule has 8 nitrogen and oxygen atoms in total. The van der Waals surface area contributed by atoms with Crippen LogP contribution >= 0.6 is 0 Å². The summed E-state index contributed by atoms with van der Waals surface area (Å²) in [7, 11) is -1.03. The summed E-state index contributed by atoms with van der Waals surface area (Å²) in [6.45, 7) is 6.93. The number of alkyl halides is 8. The Kier molecular flexibility index (Phi) is 7.19. The zero-order valence-corrected chi connectivity index (χ0v) is 23.6. The summed E-state index contributed by atoms with van der Waals surface area (Å²) >= 11 is 0. The summed E-state index contributed by atoms with van der Waals surface area (Å²) in [5.74, 6) is -3.00. The van der Waals surface area contributed by atoms with E-state index in [1.807, 2.05) is 0 Å². The normalized spacial score (nSPS) is 24.8. The van der Waals surface area contributed by atoms with Crippen LogP contribution in [-0.4, -0.2) is 64.3 Å². The van der Waals surface area contributed by atoms with Crippen LogP contribution in [0.4, 0.5) is 45.9 Å². The molecule has 1 aromatic heterocycles. The number of aromatic nitrogens is 2. The molecule has 3 aliphatic rings. The number of nitrogens with zero attached hydrogens (tertiary/aromatic N) is 4. The van der Waals surface area contributed by atoms with Crippen LogP contribution in [0.15, 0.2) is 24.4 Å². The number of hydrogen-bond donors (Lipinski definition) is 0. The van der Waals surface area contributed by atoms with E-state index in [0.29, 0.717) is 12.1 Å². The van der Waals surface area contributed by atoms with Gasteiger partial charge in [-0.25, -0.2) is 23.5 Å². The summed E-state index contributed by atoms with van der Waals surface area (Å²) in [6, 6.07) is -0.0533. The fourth-order valence-electron chi connectivity index (χ4n) is 4.98. The highest BCUT2D eigenvalue weighted by molar-refractivity contribution is 6.62. The Bertz CT molecular complexity index is 1380. The first-order valence-corrected chi connectivity index (χ1v) is 13.2. The average molecular weight is 622 g/mol. The molecule has 3 aliphatic heterocycles. The molecular formula is C26H27BF8N4O4. The molecule has 0 saturated carbocycles. The number of anilines is 1.